The predicted octanol–water partition coefficient (Wildman–Crippen LogP) is -0.0554. The minimum absolute atomic E-state index is 0.205. The molecule has 0 saturated carbocycles. The Bertz CT molecular complexity index is 336. The van der Waals surface area contributed by atoms with Gasteiger partial charge >= 0.3 is 0 Å². The van der Waals surface area contributed by atoms with Crippen LogP contribution in [-0.4, -0.2) is 25.1 Å². The molecule has 0 fully saturated rings. The van der Waals surface area contributed by atoms with Gasteiger partial charge in [-0.3, -0.25) is 0 Å². The SMILES string of the molecule is Bc1ccc(F)c(CNCC(C)(C)O)c1. The van der Waals surface area contributed by atoms with Gasteiger partial charge in [0.1, 0.15) is 13.7 Å². The van der Waals surface area contributed by atoms with Gasteiger partial charge in [0.05, 0.1) is 5.60 Å². The van der Waals surface area contributed by atoms with Gasteiger partial charge < -0.3 is 10.4 Å². The lowest BCUT2D eigenvalue weighted by Crippen LogP contribution is -2.34. The van der Waals surface area contributed by atoms with Crippen LogP contribution < -0.4 is 10.8 Å². The zero-order valence-corrected chi connectivity index (χ0v) is 9.47. The van der Waals surface area contributed by atoms with Gasteiger partial charge in [-0.1, -0.05) is 17.6 Å². The number of hydrogen-bond acceptors (Lipinski definition) is 2. The van der Waals surface area contributed by atoms with E-state index in [1.54, 1.807) is 19.9 Å². The van der Waals surface area contributed by atoms with Crippen molar-refractivity contribution < 1.29 is 9.50 Å². The Morgan fingerprint density at radius 3 is 2.73 bits per heavy atom. The summed E-state index contributed by atoms with van der Waals surface area (Å²) in [5.41, 5.74) is 0.913. The van der Waals surface area contributed by atoms with E-state index in [9.17, 15) is 9.50 Å². The van der Waals surface area contributed by atoms with E-state index in [0.717, 1.165) is 5.46 Å². The quantitative estimate of drug-likeness (QED) is 0.681. The third-order valence-corrected chi connectivity index (χ3v) is 2.07. The second-order valence-corrected chi connectivity index (χ2v) is 4.51. The summed E-state index contributed by atoms with van der Waals surface area (Å²) >= 11 is 0. The molecule has 0 amide bonds. The number of benzene rings is 1. The molecule has 15 heavy (non-hydrogen) atoms. The third kappa shape index (κ3) is 4.45. The summed E-state index contributed by atoms with van der Waals surface area (Å²) in [6, 6.07) is 5.03. The van der Waals surface area contributed by atoms with Crippen LogP contribution in [0.3, 0.4) is 0 Å². The number of hydrogen-bond donors (Lipinski definition) is 2. The van der Waals surface area contributed by atoms with Crippen LogP contribution in [0.25, 0.3) is 0 Å². The highest BCUT2D eigenvalue weighted by atomic mass is 19.1. The number of rotatable bonds is 4. The molecule has 0 aliphatic rings. The fourth-order valence-corrected chi connectivity index (χ4v) is 1.34. The molecular formula is C11H17BFNO. The van der Waals surface area contributed by atoms with Crippen LogP contribution in [0.5, 0.6) is 0 Å². The fraction of sp³-hybridized carbons (Fsp3) is 0.455. The molecule has 2 N–H and O–H groups in total. The van der Waals surface area contributed by atoms with Gasteiger partial charge in [0.15, 0.2) is 0 Å². The van der Waals surface area contributed by atoms with Crippen molar-refractivity contribution in [3.8, 4) is 0 Å². The van der Waals surface area contributed by atoms with Crippen LogP contribution >= 0.6 is 0 Å². The average Bonchev–Trinajstić information content (AvgIpc) is 2.09. The van der Waals surface area contributed by atoms with Crippen molar-refractivity contribution in [1.29, 1.82) is 0 Å². The van der Waals surface area contributed by atoms with Crippen LogP contribution in [0.1, 0.15) is 19.4 Å². The summed E-state index contributed by atoms with van der Waals surface area (Å²) in [6.07, 6.45) is 0. The average molecular weight is 209 g/mol. The molecule has 0 radical (unpaired) electrons. The Hall–Kier alpha value is -0.865. The van der Waals surface area contributed by atoms with E-state index in [0.29, 0.717) is 18.7 Å². The molecule has 0 bridgehead atoms. The van der Waals surface area contributed by atoms with Crippen molar-refractivity contribution in [2.75, 3.05) is 6.54 Å². The molecule has 1 aromatic carbocycles. The van der Waals surface area contributed by atoms with Crippen molar-refractivity contribution >= 4 is 13.3 Å². The molecule has 82 valence electrons. The number of halogens is 1. The summed E-state index contributed by atoms with van der Waals surface area (Å²) in [7, 11) is 1.93. The summed E-state index contributed by atoms with van der Waals surface area (Å²) < 4.78 is 13.3. The molecular weight excluding hydrogens is 192 g/mol. The molecule has 0 aliphatic heterocycles. The van der Waals surface area contributed by atoms with Gasteiger partial charge in [-0.25, -0.2) is 4.39 Å². The lowest BCUT2D eigenvalue weighted by atomic mass is 9.94. The highest BCUT2D eigenvalue weighted by Crippen LogP contribution is 2.05. The van der Waals surface area contributed by atoms with Crippen molar-refractivity contribution in [3.63, 3.8) is 0 Å². The van der Waals surface area contributed by atoms with Crippen LogP contribution in [0, 0.1) is 5.82 Å². The maximum atomic E-state index is 13.3. The topological polar surface area (TPSA) is 32.3 Å². The predicted molar refractivity (Wildman–Crippen MR) is 62.6 cm³/mol. The molecule has 1 aromatic rings. The van der Waals surface area contributed by atoms with Gasteiger partial charge in [0.25, 0.3) is 0 Å². The Kier molecular flexibility index (Phi) is 3.88. The largest absolute Gasteiger partial charge is 0.389 e. The normalized spacial score (nSPS) is 11.7. The maximum Gasteiger partial charge on any atom is 0.139 e. The minimum Gasteiger partial charge on any atom is -0.389 e. The van der Waals surface area contributed by atoms with Crippen molar-refractivity contribution in [2.45, 2.75) is 26.0 Å². The molecule has 2 nitrogen and oxygen atoms in total. The maximum absolute atomic E-state index is 13.3. The second kappa shape index (κ2) is 4.77. The standard InChI is InChI=1S/C11H17BFNO/c1-11(2,15)7-14-6-8-5-9(12)3-4-10(8)13/h3-5,14-15H,6-7,12H2,1-2H3. The van der Waals surface area contributed by atoms with E-state index >= 15 is 0 Å². The summed E-state index contributed by atoms with van der Waals surface area (Å²) in [5, 5.41) is 12.5. The monoisotopic (exact) mass is 209 g/mol. The molecule has 0 aromatic heterocycles. The smallest absolute Gasteiger partial charge is 0.139 e. The van der Waals surface area contributed by atoms with Gasteiger partial charge in [-0.05, 0) is 19.9 Å². The molecule has 0 aliphatic carbocycles. The second-order valence-electron chi connectivity index (χ2n) is 4.51. The fourth-order valence-electron chi connectivity index (χ4n) is 1.34. The highest BCUT2D eigenvalue weighted by molar-refractivity contribution is 6.32. The first-order chi connectivity index (χ1) is 6.88. The Labute approximate surface area is 90.9 Å². The van der Waals surface area contributed by atoms with E-state index in [1.807, 2.05) is 13.9 Å². The first-order valence-electron chi connectivity index (χ1n) is 5.06. The van der Waals surface area contributed by atoms with Crippen molar-refractivity contribution in [2.24, 2.45) is 0 Å². The van der Waals surface area contributed by atoms with Crippen LogP contribution in [0.2, 0.25) is 0 Å². The van der Waals surface area contributed by atoms with Gasteiger partial charge in [0.2, 0.25) is 0 Å². The first kappa shape index (κ1) is 12.2. The van der Waals surface area contributed by atoms with Crippen LogP contribution in [-0.2, 0) is 6.54 Å². The molecule has 0 spiro atoms. The molecule has 0 atom stereocenters. The van der Waals surface area contributed by atoms with Crippen molar-refractivity contribution in [3.05, 3.63) is 29.6 Å². The van der Waals surface area contributed by atoms with Crippen LogP contribution in [0.15, 0.2) is 18.2 Å². The van der Waals surface area contributed by atoms with Crippen LogP contribution in [0.4, 0.5) is 4.39 Å². The van der Waals surface area contributed by atoms with E-state index in [-0.39, 0.29) is 5.82 Å². The molecule has 4 heteroatoms. The van der Waals surface area contributed by atoms with Gasteiger partial charge in [0, 0.05) is 18.7 Å². The first-order valence-corrected chi connectivity index (χ1v) is 5.06. The van der Waals surface area contributed by atoms with Crippen molar-refractivity contribution in [1.82, 2.24) is 5.32 Å². The van der Waals surface area contributed by atoms with E-state index in [4.69, 9.17) is 0 Å². The Morgan fingerprint density at radius 2 is 2.13 bits per heavy atom. The Morgan fingerprint density at radius 1 is 1.47 bits per heavy atom. The summed E-state index contributed by atoms with van der Waals surface area (Å²) in [6.45, 7) is 4.32. The number of aliphatic hydroxyl groups is 1. The van der Waals surface area contributed by atoms with E-state index in [1.165, 1.54) is 6.07 Å². The lowest BCUT2D eigenvalue weighted by Gasteiger charge is -2.17. The Balaban J connectivity index is 2.54. The zero-order valence-electron chi connectivity index (χ0n) is 9.47. The molecule has 0 unspecified atom stereocenters. The lowest BCUT2D eigenvalue weighted by molar-refractivity contribution is 0.0794. The molecule has 0 saturated heterocycles. The van der Waals surface area contributed by atoms with Gasteiger partial charge in [-0.15, -0.1) is 0 Å². The third-order valence-electron chi connectivity index (χ3n) is 2.07. The highest BCUT2D eigenvalue weighted by Gasteiger charge is 2.11. The molecule has 1 rings (SSSR count). The number of nitrogens with one attached hydrogen (secondary N) is 1. The zero-order chi connectivity index (χ0) is 11.5. The molecule has 0 heterocycles. The van der Waals surface area contributed by atoms with E-state index in [2.05, 4.69) is 5.32 Å². The summed E-state index contributed by atoms with van der Waals surface area (Å²) in [4.78, 5) is 0. The minimum atomic E-state index is -0.764. The van der Waals surface area contributed by atoms with E-state index < -0.39 is 5.60 Å². The summed E-state index contributed by atoms with van der Waals surface area (Å²) in [5.74, 6) is -0.205. The van der Waals surface area contributed by atoms with Gasteiger partial charge in [-0.2, -0.15) is 0 Å².